The van der Waals surface area contributed by atoms with Crippen molar-refractivity contribution in [3.05, 3.63) is 58.4 Å². The minimum absolute atomic E-state index is 0.0528. The Balaban J connectivity index is 1.63. The molecule has 4 rings (SSSR count). The Morgan fingerprint density at radius 3 is 2.75 bits per heavy atom. The minimum Gasteiger partial charge on any atom is -0.453 e. The maximum absolute atomic E-state index is 14.8. The Labute approximate surface area is 215 Å². The second-order valence-electron chi connectivity index (χ2n) is 9.45. The van der Waals surface area contributed by atoms with Crippen molar-refractivity contribution in [3.63, 3.8) is 0 Å². The van der Waals surface area contributed by atoms with Gasteiger partial charge in [-0.1, -0.05) is 33.6 Å². The lowest BCUT2D eigenvalue weighted by atomic mass is 9.61. The maximum Gasteiger partial charge on any atom is 0.261 e. The zero-order valence-corrected chi connectivity index (χ0v) is 22.0. The van der Waals surface area contributed by atoms with Crippen LogP contribution in [-0.4, -0.2) is 27.4 Å². The van der Waals surface area contributed by atoms with Gasteiger partial charge in [0.05, 0.1) is 22.9 Å². The van der Waals surface area contributed by atoms with E-state index in [-0.39, 0.29) is 28.7 Å². The minimum atomic E-state index is -0.657. The van der Waals surface area contributed by atoms with Crippen molar-refractivity contribution in [2.24, 2.45) is 5.41 Å². The SMILES string of the molecule is CCCC1(CC)CC(n2cnc3ccc(Oc4c(F)ccc(NSN(C)CC)c4C#N)cc3c2=O)C1. The van der Waals surface area contributed by atoms with E-state index >= 15 is 0 Å². The molecule has 0 unspecified atom stereocenters. The van der Waals surface area contributed by atoms with Gasteiger partial charge in [-0.2, -0.15) is 5.26 Å². The number of nitrogens with zero attached hydrogens (tertiary/aromatic N) is 4. The van der Waals surface area contributed by atoms with Crippen LogP contribution in [0.1, 0.15) is 64.5 Å². The lowest BCUT2D eigenvalue weighted by Gasteiger charge is -2.48. The van der Waals surface area contributed by atoms with E-state index in [0.717, 1.165) is 32.2 Å². The summed E-state index contributed by atoms with van der Waals surface area (Å²) < 4.78 is 27.3. The molecular formula is C27H32FN5O2S. The van der Waals surface area contributed by atoms with Crippen LogP contribution in [0.4, 0.5) is 10.1 Å². The fourth-order valence-corrected chi connectivity index (χ4v) is 5.49. The van der Waals surface area contributed by atoms with Crippen molar-refractivity contribution in [2.45, 2.75) is 58.9 Å². The Morgan fingerprint density at radius 2 is 2.08 bits per heavy atom. The Kier molecular flexibility index (Phi) is 7.86. The second-order valence-corrected chi connectivity index (χ2v) is 10.5. The molecule has 0 amide bonds. The van der Waals surface area contributed by atoms with Crippen molar-refractivity contribution >= 4 is 28.7 Å². The summed E-state index contributed by atoms with van der Waals surface area (Å²) in [5, 5.41) is 10.2. The standard InChI is InChI=1S/C27H32FN5O2S/c1-5-12-27(6-2)14-18(15-27)33-17-30-23-10-8-19(13-20(23)26(33)34)35-25-21(16-29)24(11-9-22(25)28)31-36-32(4)7-3/h8-11,13,17-18,31H,5-7,12,14-15H2,1-4H3. The van der Waals surface area contributed by atoms with E-state index in [9.17, 15) is 14.4 Å². The Hall–Kier alpha value is -3.09. The maximum atomic E-state index is 14.8. The first-order valence-corrected chi connectivity index (χ1v) is 13.2. The highest BCUT2D eigenvalue weighted by atomic mass is 32.2. The van der Waals surface area contributed by atoms with Crippen molar-refractivity contribution in [3.8, 4) is 17.6 Å². The zero-order chi connectivity index (χ0) is 25.9. The van der Waals surface area contributed by atoms with Crippen molar-refractivity contribution < 1.29 is 9.13 Å². The lowest BCUT2D eigenvalue weighted by Crippen LogP contribution is -2.41. The quantitative estimate of drug-likeness (QED) is 0.306. The summed E-state index contributed by atoms with van der Waals surface area (Å²) in [5.74, 6) is -0.569. The van der Waals surface area contributed by atoms with Gasteiger partial charge in [-0.25, -0.2) is 13.7 Å². The van der Waals surface area contributed by atoms with Gasteiger partial charge in [-0.3, -0.25) is 9.36 Å². The van der Waals surface area contributed by atoms with Crippen LogP contribution in [0.5, 0.6) is 11.5 Å². The fraction of sp³-hybridized carbons (Fsp3) is 0.444. The molecule has 0 radical (unpaired) electrons. The molecule has 1 N–H and O–H groups in total. The number of benzene rings is 2. The van der Waals surface area contributed by atoms with Gasteiger partial charge in [0.2, 0.25) is 0 Å². The highest BCUT2D eigenvalue weighted by Crippen LogP contribution is 2.53. The molecule has 0 saturated heterocycles. The van der Waals surface area contributed by atoms with Crippen LogP contribution in [0.15, 0.2) is 41.5 Å². The Morgan fingerprint density at radius 1 is 1.31 bits per heavy atom. The second kappa shape index (κ2) is 10.9. The van der Waals surface area contributed by atoms with Gasteiger partial charge < -0.3 is 9.46 Å². The number of halogens is 1. The Bertz CT molecular complexity index is 1350. The number of hydrogen-bond acceptors (Lipinski definition) is 7. The summed E-state index contributed by atoms with van der Waals surface area (Å²) in [6.07, 6.45) is 7.00. The first-order valence-electron chi connectivity index (χ1n) is 12.4. The summed E-state index contributed by atoms with van der Waals surface area (Å²) in [4.78, 5) is 17.9. The van der Waals surface area contributed by atoms with Gasteiger partial charge in [0.15, 0.2) is 11.6 Å². The topological polar surface area (TPSA) is 83.2 Å². The van der Waals surface area contributed by atoms with Gasteiger partial charge in [0.25, 0.3) is 5.56 Å². The number of anilines is 1. The van der Waals surface area contributed by atoms with Crippen LogP contribution in [0.3, 0.4) is 0 Å². The van der Waals surface area contributed by atoms with Crippen LogP contribution in [0, 0.1) is 22.6 Å². The summed E-state index contributed by atoms with van der Waals surface area (Å²) in [7, 11) is 1.90. The molecule has 1 fully saturated rings. The molecule has 3 aromatic rings. The summed E-state index contributed by atoms with van der Waals surface area (Å²) in [5.41, 5.74) is 1.23. The molecule has 0 spiro atoms. The number of rotatable bonds is 10. The molecule has 2 aromatic carbocycles. The first-order chi connectivity index (χ1) is 17.3. The van der Waals surface area contributed by atoms with E-state index in [4.69, 9.17) is 4.74 Å². The number of fused-ring (bicyclic) bond motifs is 1. The molecule has 9 heteroatoms. The summed E-state index contributed by atoms with van der Waals surface area (Å²) in [6.45, 7) is 7.20. The normalized spacial score (nSPS) is 19.2. The van der Waals surface area contributed by atoms with Gasteiger partial charge in [0, 0.05) is 24.7 Å². The van der Waals surface area contributed by atoms with Gasteiger partial charge in [-0.05, 0) is 62.1 Å². The van der Waals surface area contributed by atoms with Crippen molar-refractivity contribution in [2.75, 3.05) is 18.3 Å². The van der Waals surface area contributed by atoms with E-state index in [1.807, 2.05) is 24.3 Å². The highest BCUT2D eigenvalue weighted by Gasteiger charge is 2.43. The molecule has 0 atom stereocenters. The molecule has 36 heavy (non-hydrogen) atoms. The van der Waals surface area contributed by atoms with E-state index < -0.39 is 5.82 Å². The van der Waals surface area contributed by atoms with Crippen molar-refractivity contribution in [1.82, 2.24) is 13.9 Å². The number of ether oxygens (including phenoxy) is 1. The third kappa shape index (κ3) is 5.06. The van der Waals surface area contributed by atoms with E-state index in [1.54, 1.807) is 29.1 Å². The smallest absolute Gasteiger partial charge is 0.261 e. The number of hydrogen-bond donors (Lipinski definition) is 1. The van der Waals surface area contributed by atoms with Crippen LogP contribution in [0.25, 0.3) is 10.9 Å². The van der Waals surface area contributed by atoms with Crippen molar-refractivity contribution in [1.29, 1.82) is 5.26 Å². The third-order valence-corrected chi connectivity index (χ3v) is 8.09. The molecule has 7 nitrogen and oxygen atoms in total. The fourth-order valence-electron chi connectivity index (χ4n) is 4.94. The molecule has 1 aliphatic rings. The monoisotopic (exact) mass is 509 g/mol. The molecule has 1 aromatic heterocycles. The van der Waals surface area contributed by atoms with E-state index in [0.29, 0.717) is 22.0 Å². The molecule has 190 valence electrons. The zero-order valence-electron chi connectivity index (χ0n) is 21.2. The number of nitrogens with one attached hydrogen (secondary N) is 1. The molecule has 0 bridgehead atoms. The molecule has 1 aliphatic carbocycles. The van der Waals surface area contributed by atoms with E-state index in [2.05, 4.69) is 23.6 Å². The van der Waals surface area contributed by atoms with Crippen LogP contribution < -0.4 is 15.0 Å². The third-order valence-electron chi connectivity index (χ3n) is 7.21. The summed E-state index contributed by atoms with van der Waals surface area (Å²) >= 11 is 1.30. The van der Waals surface area contributed by atoms with E-state index in [1.165, 1.54) is 30.7 Å². The average Bonchev–Trinajstić information content (AvgIpc) is 2.87. The first kappa shape index (κ1) is 26.0. The number of aromatic nitrogens is 2. The predicted octanol–water partition coefficient (Wildman–Crippen LogP) is 6.66. The van der Waals surface area contributed by atoms with Crippen LogP contribution in [0.2, 0.25) is 0 Å². The highest BCUT2D eigenvalue weighted by molar-refractivity contribution is 7.98. The molecule has 1 heterocycles. The lowest BCUT2D eigenvalue weighted by molar-refractivity contribution is 0.0447. The molecular weight excluding hydrogens is 477 g/mol. The summed E-state index contributed by atoms with van der Waals surface area (Å²) in [6, 6.07) is 9.84. The average molecular weight is 510 g/mol. The molecule has 0 aliphatic heterocycles. The van der Waals surface area contributed by atoms with Crippen LogP contribution >= 0.6 is 12.1 Å². The number of nitriles is 1. The largest absolute Gasteiger partial charge is 0.453 e. The van der Waals surface area contributed by atoms with Crippen LogP contribution in [-0.2, 0) is 0 Å². The van der Waals surface area contributed by atoms with Gasteiger partial charge >= 0.3 is 0 Å². The van der Waals surface area contributed by atoms with Gasteiger partial charge in [0.1, 0.15) is 17.4 Å². The molecule has 1 saturated carbocycles. The van der Waals surface area contributed by atoms with Gasteiger partial charge in [-0.15, -0.1) is 0 Å². The predicted molar refractivity (Wildman–Crippen MR) is 143 cm³/mol.